The Morgan fingerprint density at radius 2 is 2.40 bits per heavy atom. The minimum absolute atomic E-state index is 0.150. The number of hydrogen-bond acceptors (Lipinski definition) is 2. The van der Waals surface area contributed by atoms with Crippen molar-refractivity contribution in [1.82, 2.24) is 0 Å². The first-order valence-corrected chi connectivity index (χ1v) is 5.33. The highest BCUT2D eigenvalue weighted by atomic mass is 19.1. The number of nitrogens with one attached hydrogen (secondary N) is 1. The normalized spacial score (nSPS) is 20.5. The predicted octanol–water partition coefficient (Wildman–Crippen LogP) is 2.58. The molecular weight excluding hydrogens is 193 g/mol. The quantitative estimate of drug-likeness (QED) is 0.826. The molecule has 0 amide bonds. The number of hydrogen-bond donors (Lipinski definition) is 1. The van der Waals surface area contributed by atoms with Crippen molar-refractivity contribution >= 4 is 5.69 Å². The SMILES string of the molecule is Cc1ccc(NCC2CCOC2)cc1F. The van der Waals surface area contributed by atoms with Crippen LogP contribution in [-0.4, -0.2) is 19.8 Å². The van der Waals surface area contributed by atoms with Gasteiger partial charge in [-0.2, -0.15) is 0 Å². The minimum atomic E-state index is -0.150. The number of ether oxygens (including phenoxy) is 1. The fraction of sp³-hybridized carbons (Fsp3) is 0.500. The van der Waals surface area contributed by atoms with Gasteiger partial charge in [0, 0.05) is 24.8 Å². The van der Waals surface area contributed by atoms with E-state index in [1.54, 1.807) is 19.1 Å². The van der Waals surface area contributed by atoms with E-state index in [4.69, 9.17) is 4.74 Å². The molecular formula is C12H16FNO. The standard InChI is InChI=1S/C12H16FNO/c1-9-2-3-11(6-12(9)13)14-7-10-4-5-15-8-10/h2-3,6,10,14H,4-5,7-8H2,1H3. The van der Waals surface area contributed by atoms with Gasteiger partial charge in [-0.15, -0.1) is 0 Å². The van der Waals surface area contributed by atoms with Gasteiger partial charge < -0.3 is 10.1 Å². The topological polar surface area (TPSA) is 21.3 Å². The monoisotopic (exact) mass is 209 g/mol. The van der Waals surface area contributed by atoms with Gasteiger partial charge in [0.15, 0.2) is 0 Å². The molecule has 1 aromatic carbocycles. The predicted molar refractivity (Wildman–Crippen MR) is 58.6 cm³/mol. The zero-order valence-corrected chi connectivity index (χ0v) is 8.92. The van der Waals surface area contributed by atoms with Crippen LogP contribution in [-0.2, 0) is 4.74 Å². The molecule has 0 saturated carbocycles. The van der Waals surface area contributed by atoms with Gasteiger partial charge in [-0.05, 0) is 31.0 Å². The first-order valence-electron chi connectivity index (χ1n) is 5.33. The van der Waals surface area contributed by atoms with Crippen LogP contribution in [0.2, 0.25) is 0 Å². The molecule has 2 nitrogen and oxygen atoms in total. The molecule has 1 aromatic rings. The van der Waals surface area contributed by atoms with Crippen LogP contribution in [0.3, 0.4) is 0 Å². The Kier molecular flexibility index (Phi) is 3.21. The number of aryl methyl sites for hydroxylation is 1. The minimum Gasteiger partial charge on any atom is -0.385 e. The summed E-state index contributed by atoms with van der Waals surface area (Å²) in [6, 6.07) is 5.25. The fourth-order valence-corrected chi connectivity index (χ4v) is 1.71. The van der Waals surface area contributed by atoms with Crippen molar-refractivity contribution in [3.63, 3.8) is 0 Å². The van der Waals surface area contributed by atoms with Crippen molar-refractivity contribution in [3.8, 4) is 0 Å². The summed E-state index contributed by atoms with van der Waals surface area (Å²) in [5, 5.41) is 3.23. The van der Waals surface area contributed by atoms with Crippen LogP contribution < -0.4 is 5.32 Å². The van der Waals surface area contributed by atoms with Gasteiger partial charge in [-0.25, -0.2) is 4.39 Å². The lowest BCUT2D eigenvalue weighted by atomic mass is 10.1. The summed E-state index contributed by atoms with van der Waals surface area (Å²) >= 11 is 0. The third-order valence-corrected chi connectivity index (χ3v) is 2.79. The van der Waals surface area contributed by atoms with Gasteiger partial charge in [-0.3, -0.25) is 0 Å². The molecule has 3 heteroatoms. The van der Waals surface area contributed by atoms with Crippen LogP contribution in [0.15, 0.2) is 18.2 Å². The Labute approximate surface area is 89.4 Å². The highest BCUT2D eigenvalue weighted by Crippen LogP contribution is 2.16. The molecule has 1 saturated heterocycles. The Morgan fingerprint density at radius 1 is 1.53 bits per heavy atom. The molecule has 1 N–H and O–H groups in total. The molecule has 1 unspecified atom stereocenters. The van der Waals surface area contributed by atoms with Crippen LogP contribution >= 0.6 is 0 Å². The number of rotatable bonds is 3. The highest BCUT2D eigenvalue weighted by molar-refractivity contribution is 5.45. The average molecular weight is 209 g/mol. The summed E-state index contributed by atoms with van der Waals surface area (Å²) in [4.78, 5) is 0. The summed E-state index contributed by atoms with van der Waals surface area (Å²) in [6.45, 7) is 4.31. The van der Waals surface area contributed by atoms with Crippen molar-refractivity contribution in [2.75, 3.05) is 25.1 Å². The molecule has 0 radical (unpaired) electrons. The van der Waals surface area contributed by atoms with Crippen molar-refractivity contribution in [3.05, 3.63) is 29.6 Å². The van der Waals surface area contributed by atoms with Crippen molar-refractivity contribution in [2.45, 2.75) is 13.3 Å². The molecule has 82 valence electrons. The van der Waals surface area contributed by atoms with Gasteiger partial charge in [-0.1, -0.05) is 6.07 Å². The zero-order valence-electron chi connectivity index (χ0n) is 8.92. The van der Waals surface area contributed by atoms with E-state index in [0.717, 1.165) is 31.9 Å². The van der Waals surface area contributed by atoms with E-state index < -0.39 is 0 Å². The Bertz CT molecular complexity index is 334. The van der Waals surface area contributed by atoms with Gasteiger partial charge in [0.2, 0.25) is 0 Å². The first kappa shape index (κ1) is 10.4. The second-order valence-corrected chi connectivity index (χ2v) is 4.07. The molecule has 0 aromatic heterocycles. The van der Waals surface area contributed by atoms with Crippen molar-refractivity contribution in [2.24, 2.45) is 5.92 Å². The van der Waals surface area contributed by atoms with Crippen LogP contribution in [0.5, 0.6) is 0 Å². The van der Waals surface area contributed by atoms with Gasteiger partial charge in [0.05, 0.1) is 6.61 Å². The Morgan fingerprint density at radius 3 is 3.07 bits per heavy atom. The van der Waals surface area contributed by atoms with Gasteiger partial charge in [0.25, 0.3) is 0 Å². The summed E-state index contributed by atoms with van der Waals surface area (Å²) in [5.74, 6) is 0.414. The molecule has 0 bridgehead atoms. The first-order chi connectivity index (χ1) is 7.25. The van der Waals surface area contributed by atoms with E-state index in [9.17, 15) is 4.39 Å². The summed E-state index contributed by atoms with van der Waals surface area (Å²) < 4.78 is 18.5. The van der Waals surface area contributed by atoms with E-state index in [1.165, 1.54) is 0 Å². The summed E-state index contributed by atoms with van der Waals surface area (Å²) in [6.07, 6.45) is 1.10. The Hall–Kier alpha value is -1.09. The van der Waals surface area contributed by atoms with Gasteiger partial charge >= 0.3 is 0 Å². The average Bonchev–Trinajstić information content (AvgIpc) is 2.73. The molecule has 2 rings (SSSR count). The smallest absolute Gasteiger partial charge is 0.128 e. The van der Waals surface area contributed by atoms with E-state index in [-0.39, 0.29) is 5.82 Å². The third kappa shape index (κ3) is 2.69. The summed E-state index contributed by atoms with van der Waals surface area (Å²) in [7, 11) is 0. The van der Waals surface area contributed by atoms with E-state index in [2.05, 4.69) is 5.32 Å². The molecule has 1 atom stereocenters. The maximum Gasteiger partial charge on any atom is 0.128 e. The molecule has 0 spiro atoms. The van der Waals surface area contributed by atoms with E-state index in [1.807, 2.05) is 6.07 Å². The van der Waals surface area contributed by atoms with E-state index >= 15 is 0 Å². The molecule has 1 heterocycles. The van der Waals surface area contributed by atoms with Crippen LogP contribution in [0.25, 0.3) is 0 Å². The molecule has 15 heavy (non-hydrogen) atoms. The second-order valence-electron chi connectivity index (χ2n) is 4.07. The second kappa shape index (κ2) is 4.62. The molecule has 1 aliphatic rings. The van der Waals surface area contributed by atoms with E-state index in [0.29, 0.717) is 11.5 Å². The van der Waals surface area contributed by atoms with Crippen LogP contribution in [0.4, 0.5) is 10.1 Å². The van der Waals surface area contributed by atoms with Crippen LogP contribution in [0.1, 0.15) is 12.0 Å². The maximum atomic E-state index is 13.2. The zero-order chi connectivity index (χ0) is 10.7. The van der Waals surface area contributed by atoms with Crippen molar-refractivity contribution in [1.29, 1.82) is 0 Å². The molecule has 1 aliphatic heterocycles. The number of halogens is 1. The lowest BCUT2D eigenvalue weighted by Gasteiger charge is -2.11. The number of benzene rings is 1. The van der Waals surface area contributed by atoms with Crippen LogP contribution in [0, 0.1) is 18.7 Å². The summed E-state index contributed by atoms with van der Waals surface area (Å²) in [5.41, 5.74) is 1.54. The number of anilines is 1. The Balaban J connectivity index is 1.90. The fourth-order valence-electron chi connectivity index (χ4n) is 1.71. The highest BCUT2D eigenvalue weighted by Gasteiger charge is 2.14. The maximum absolute atomic E-state index is 13.2. The molecule has 1 fully saturated rings. The lowest BCUT2D eigenvalue weighted by molar-refractivity contribution is 0.187. The van der Waals surface area contributed by atoms with Gasteiger partial charge in [0.1, 0.15) is 5.82 Å². The molecule has 0 aliphatic carbocycles. The lowest BCUT2D eigenvalue weighted by Crippen LogP contribution is -2.14. The largest absolute Gasteiger partial charge is 0.385 e. The van der Waals surface area contributed by atoms with Crippen molar-refractivity contribution < 1.29 is 9.13 Å². The third-order valence-electron chi connectivity index (χ3n) is 2.79.